The van der Waals surface area contributed by atoms with Crippen molar-refractivity contribution in [2.45, 2.75) is 32.6 Å². The predicted octanol–water partition coefficient (Wildman–Crippen LogP) is 2.56. The van der Waals surface area contributed by atoms with Gasteiger partial charge < -0.3 is 9.64 Å². The first-order chi connectivity index (χ1) is 8.72. The van der Waals surface area contributed by atoms with Crippen LogP contribution in [0.4, 0.5) is 5.82 Å². The third-order valence-corrected chi connectivity index (χ3v) is 3.43. The number of esters is 1. The van der Waals surface area contributed by atoms with E-state index >= 15 is 0 Å². The molecule has 0 saturated carbocycles. The molecule has 0 radical (unpaired) electrons. The van der Waals surface area contributed by atoms with E-state index in [-0.39, 0.29) is 5.97 Å². The highest BCUT2D eigenvalue weighted by molar-refractivity contribution is 5.90. The normalized spacial score (nSPS) is 16.2. The summed E-state index contributed by atoms with van der Waals surface area (Å²) in [4.78, 5) is 18.2. The summed E-state index contributed by atoms with van der Waals surface area (Å²) >= 11 is 0. The van der Waals surface area contributed by atoms with Gasteiger partial charge in [-0.05, 0) is 31.4 Å². The number of anilines is 1. The zero-order valence-corrected chi connectivity index (χ0v) is 11.1. The Morgan fingerprint density at radius 2 is 1.94 bits per heavy atom. The van der Waals surface area contributed by atoms with Gasteiger partial charge in [-0.15, -0.1) is 0 Å². The van der Waals surface area contributed by atoms with Crippen LogP contribution in [0, 0.1) is 6.92 Å². The Kier molecular flexibility index (Phi) is 4.18. The molecule has 1 aromatic heterocycles. The van der Waals surface area contributed by atoms with Gasteiger partial charge in [-0.25, -0.2) is 9.78 Å². The molecule has 0 spiro atoms. The molecule has 4 heteroatoms. The van der Waals surface area contributed by atoms with Crippen LogP contribution in [0.3, 0.4) is 0 Å². The second kappa shape index (κ2) is 5.85. The molecule has 98 valence electrons. The molecule has 1 saturated heterocycles. The Balaban J connectivity index is 2.19. The fraction of sp³-hybridized carbons (Fsp3) is 0.571. The third-order valence-electron chi connectivity index (χ3n) is 3.43. The number of aryl methyl sites for hydroxylation is 1. The molecule has 0 amide bonds. The molecule has 0 bridgehead atoms. The number of nitrogens with zero attached hydrogens (tertiary/aromatic N) is 2. The molecule has 1 aromatic rings. The van der Waals surface area contributed by atoms with Crippen molar-refractivity contribution < 1.29 is 9.53 Å². The van der Waals surface area contributed by atoms with E-state index in [1.807, 2.05) is 13.0 Å². The summed E-state index contributed by atoms with van der Waals surface area (Å²) in [5.74, 6) is 0.657. The minimum absolute atomic E-state index is 0.317. The van der Waals surface area contributed by atoms with Crippen LogP contribution in [0.25, 0.3) is 0 Å². The Morgan fingerprint density at radius 1 is 1.28 bits per heavy atom. The lowest BCUT2D eigenvalue weighted by Crippen LogP contribution is -2.25. The minimum Gasteiger partial charge on any atom is -0.465 e. The number of methoxy groups -OCH3 is 1. The van der Waals surface area contributed by atoms with Gasteiger partial charge in [0.2, 0.25) is 0 Å². The summed E-state index contributed by atoms with van der Waals surface area (Å²) < 4.78 is 4.73. The van der Waals surface area contributed by atoms with E-state index in [1.165, 1.54) is 32.8 Å². The SMILES string of the molecule is COC(=O)c1cnc(N2CCCCCC2)cc1C. The van der Waals surface area contributed by atoms with Crippen molar-refractivity contribution in [2.75, 3.05) is 25.1 Å². The molecule has 1 fully saturated rings. The molecule has 1 aliphatic heterocycles. The average molecular weight is 248 g/mol. The molecular formula is C14H20N2O2. The van der Waals surface area contributed by atoms with Gasteiger partial charge in [0.1, 0.15) is 5.82 Å². The molecule has 18 heavy (non-hydrogen) atoms. The molecule has 0 aromatic carbocycles. The number of aromatic nitrogens is 1. The number of hydrogen-bond donors (Lipinski definition) is 0. The van der Waals surface area contributed by atoms with E-state index in [0.717, 1.165) is 24.5 Å². The van der Waals surface area contributed by atoms with Gasteiger partial charge in [-0.3, -0.25) is 0 Å². The largest absolute Gasteiger partial charge is 0.465 e. The summed E-state index contributed by atoms with van der Waals surface area (Å²) in [6, 6.07) is 1.98. The van der Waals surface area contributed by atoms with Crippen LogP contribution in [-0.4, -0.2) is 31.2 Å². The summed E-state index contributed by atoms with van der Waals surface area (Å²) in [7, 11) is 1.39. The Bertz CT molecular complexity index is 424. The smallest absolute Gasteiger partial charge is 0.339 e. The standard InChI is InChI=1S/C14H20N2O2/c1-11-9-13(15-10-12(11)14(17)18-2)16-7-5-3-4-6-8-16/h9-10H,3-8H2,1-2H3. The first-order valence-electron chi connectivity index (χ1n) is 6.52. The van der Waals surface area contributed by atoms with Crippen LogP contribution in [0.5, 0.6) is 0 Å². The fourth-order valence-electron chi connectivity index (χ4n) is 2.34. The number of hydrogen-bond acceptors (Lipinski definition) is 4. The van der Waals surface area contributed by atoms with Crippen LogP contribution in [-0.2, 0) is 4.74 Å². The quantitative estimate of drug-likeness (QED) is 0.754. The van der Waals surface area contributed by atoms with Gasteiger partial charge in [0.15, 0.2) is 0 Å². The molecule has 2 heterocycles. The molecule has 0 aliphatic carbocycles. The van der Waals surface area contributed by atoms with E-state index in [9.17, 15) is 4.79 Å². The highest BCUT2D eigenvalue weighted by Gasteiger charge is 2.14. The van der Waals surface area contributed by atoms with Gasteiger partial charge in [-0.2, -0.15) is 0 Å². The van der Waals surface area contributed by atoms with Gasteiger partial charge >= 0.3 is 5.97 Å². The zero-order chi connectivity index (χ0) is 13.0. The highest BCUT2D eigenvalue weighted by Crippen LogP contribution is 2.20. The number of ether oxygens (including phenoxy) is 1. The summed E-state index contributed by atoms with van der Waals surface area (Å²) in [5, 5.41) is 0. The molecule has 0 unspecified atom stereocenters. The van der Waals surface area contributed by atoms with Crippen LogP contribution in [0.15, 0.2) is 12.3 Å². The van der Waals surface area contributed by atoms with E-state index in [1.54, 1.807) is 6.20 Å². The molecule has 0 N–H and O–H groups in total. The Hall–Kier alpha value is -1.58. The lowest BCUT2D eigenvalue weighted by atomic mass is 10.1. The van der Waals surface area contributed by atoms with Gasteiger partial charge in [0.05, 0.1) is 12.7 Å². The summed E-state index contributed by atoms with van der Waals surface area (Å²) in [5.41, 5.74) is 1.48. The molecule has 1 aliphatic rings. The lowest BCUT2D eigenvalue weighted by Gasteiger charge is -2.22. The summed E-state index contributed by atoms with van der Waals surface area (Å²) in [6.07, 6.45) is 6.67. The van der Waals surface area contributed by atoms with Gasteiger partial charge in [0.25, 0.3) is 0 Å². The van der Waals surface area contributed by atoms with Crippen molar-refractivity contribution in [3.63, 3.8) is 0 Å². The average Bonchev–Trinajstić information content (AvgIpc) is 2.66. The van der Waals surface area contributed by atoms with E-state index in [0.29, 0.717) is 5.56 Å². The summed E-state index contributed by atoms with van der Waals surface area (Å²) in [6.45, 7) is 4.04. The van der Waals surface area contributed by atoms with Crippen molar-refractivity contribution in [2.24, 2.45) is 0 Å². The van der Waals surface area contributed by atoms with E-state index < -0.39 is 0 Å². The second-order valence-electron chi connectivity index (χ2n) is 4.75. The minimum atomic E-state index is -0.317. The van der Waals surface area contributed by atoms with Crippen molar-refractivity contribution in [1.82, 2.24) is 4.98 Å². The maximum absolute atomic E-state index is 11.5. The monoisotopic (exact) mass is 248 g/mol. The molecular weight excluding hydrogens is 228 g/mol. The second-order valence-corrected chi connectivity index (χ2v) is 4.75. The molecule has 4 nitrogen and oxygen atoms in total. The number of pyridine rings is 1. The van der Waals surface area contributed by atoms with E-state index in [4.69, 9.17) is 4.74 Å². The molecule has 0 atom stereocenters. The first-order valence-corrected chi connectivity index (χ1v) is 6.52. The van der Waals surface area contributed by atoms with Crippen molar-refractivity contribution in [1.29, 1.82) is 0 Å². The number of carbonyl (C=O) groups excluding carboxylic acids is 1. The Morgan fingerprint density at radius 3 is 2.50 bits per heavy atom. The first kappa shape index (κ1) is 12.9. The highest BCUT2D eigenvalue weighted by atomic mass is 16.5. The van der Waals surface area contributed by atoms with Crippen LogP contribution >= 0.6 is 0 Å². The van der Waals surface area contributed by atoms with Crippen LogP contribution in [0.1, 0.15) is 41.6 Å². The Labute approximate surface area is 108 Å². The van der Waals surface area contributed by atoms with Gasteiger partial charge in [-0.1, -0.05) is 12.8 Å². The maximum atomic E-state index is 11.5. The fourth-order valence-corrected chi connectivity index (χ4v) is 2.34. The van der Waals surface area contributed by atoms with Crippen LogP contribution < -0.4 is 4.90 Å². The zero-order valence-electron chi connectivity index (χ0n) is 11.1. The number of rotatable bonds is 2. The maximum Gasteiger partial charge on any atom is 0.339 e. The molecule has 2 rings (SSSR count). The number of carbonyl (C=O) groups is 1. The predicted molar refractivity (Wildman–Crippen MR) is 71.0 cm³/mol. The van der Waals surface area contributed by atoms with Crippen molar-refractivity contribution in [3.05, 3.63) is 23.4 Å². The van der Waals surface area contributed by atoms with E-state index in [2.05, 4.69) is 9.88 Å². The van der Waals surface area contributed by atoms with Crippen molar-refractivity contribution in [3.8, 4) is 0 Å². The third kappa shape index (κ3) is 2.81. The van der Waals surface area contributed by atoms with Crippen molar-refractivity contribution >= 4 is 11.8 Å². The topological polar surface area (TPSA) is 42.4 Å². The lowest BCUT2D eigenvalue weighted by molar-refractivity contribution is 0.0599. The van der Waals surface area contributed by atoms with Gasteiger partial charge in [0, 0.05) is 19.3 Å². The van der Waals surface area contributed by atoms with Crippen LogP contribution in [0.2, 0.25) is 0 Å².